The fraction of sp³-hybridized carbons (Fsp3) is 0.364. The molecule has 1 amide bonds. The highest BCUT2D eigenvalue weighted by molar-refractivity contribution is 7.80. The molecule has 92 valence electrons. The molecule has 0 fully saturated rings. The number of nitrogens with two attached hydrogens (primary N) is 1. The highest BCUT2D eigenvalue weighted by Crippen LogP contribution is 2.07. The molecule has 0 aliphatic carbocycles. The predicted molar refractivity (Wildman–Crippen MR) is 67.2 cm³/mol. The molecule has 2 N–H and O–H groups in total. The van der Waals surface area contributed by atoms with E-state index >= 15 is 0 Å². The first-order valence-electron chi connectivity index (χ1n) is 5.12. The topological polar surface area (TPSA) is 59.2 Å². The first-order chi connectivity index (χ1) is 7.91. The van der Waals surface area contributed by atoms with Gasteiger partial charge in [-0.05, 0) is 26.0 Å². The van der Waals surface area contributed by atoms with Crippen LogP contribution in [0.1, 0.15) is 24.3 Å². The number of rotatable bonds is 4. The Morgan fingerprint density at radius 1 is 1.59 bits per heavy atom. The molecule has 17 heavy (non-hydrogen) atoms. The Morgan fingerprint density at radius 3 is 2.65 bits per heavy atom. The van der Waals surface area contributed by atoms with Crippen molar-refractivity contribution in [2.45, 2.75) is 19.9 Å². The maximum atomic E-state index is 12.7. The summed E-state index contributed by atoms with van der Waals surface area (Å²) >= 11 is 4.78. The summed E-state index contributed by atoms with van der Waals surface area (Å²) in [6, 6.07) is 2.47. The van der Waals surface area contributed by atoms with Gasteiger partial charge in [0.25, 0.3) is 5.91 Å². The van der Waals surface area contributed by atoms with Gasteiger partial charge in [-0.25, -0.2) is 9.37 Å². The van der Waals surface area contributed by atoms with Crippen LogP contribution in [0.3, 0.4) is 0 Å². The van der Waals surface area contributed by atoms with Gasteiger partial charge in [0, 0.05) is 6.04 Å². The minimum absolute atomic E-state index is 0.0594. The quantitative estimate of drug-likeness (QED) is 0.825. The molecule has 0 aliphatic heterocycles. The van der Waals surface area contributed by atoms with E-state index in [1.807, 2.05) is 13.8 Å². The van der Waals surface area contributed by atoms with Crippen LogP contribution < -0.4 is 5.73 Å². The molecule has 0 saturated carbocycles. The van der Waals surface area contributed by atoms with Crippen molar-refractivity contribution in [3.8, 4) is 0 Å². The Balaban J connectivity index is 2.91. The highest BCUT2D eigenvalue weighted by Gasteiger charge is 2.20. The average molecular weight is 255 g/mol. The molecule has 1 heterocycles. The number of amides is 1. The number of pyridine rings is 1. The molecule has 0 atom stereocenters. The van der Waals surface area contributed by atoms with Crippen molar-refractivity contribution in [3.63, 3.8) is 0 Å². The predicted octanol–water partition coefficient (Wildman–Crippen LogP) is 1.36. The van der Waals surface area contributed by atoms with Crippen LogP contribution in [-0.4, -0.2) is 33.4 Å². The molecule has 0 spiro atoms. The average Bonchev–Trinajstić information content (AvgIpc) is 2.25. The summed E-state index contributed by atoms with van der Waals surface area (Å²) in [5, 5.41) is 0. The van der Waals surface area contributed by atoms with Crippen molar-refractivity contribution in [1.29, 1.82) is 0 Å². The monoisotopic (exact) mass is 255 g/mol. The van der Waals surface area contributed by atoms with E-state index in [4.69, 9.17) is 18.0 Å². The molecule has 1 aromatic heterocycles. The zero-order chi connectivity index (χ0) is 13.0. The minimum atomic E-state index is -0.480. The molecule has 4 nitrogen and oxygen atoms in total. The number of thiocarbonyl (C=S) groups is 1. The molecule has 0 bridgehead atoms. The maximum absolute atomic E-state index is 12.7. The number of hydrogen-bond donors (Lipinski definition) is 1. The van der Waals surface area contributed by atoms with E-state index in [1.165, 1.54) is 17.0 Å². The van der Waals surface area contributed by atoms with Gasteiger partial charge in [0.15, 0.2) is 0 Å². The van der Waals surface area contributed by atoms with Crippen molar-refractivity contribution in [1.82, 2.24) is 9.88 Å². The summed E-state index contributed by atoms with van der Waals surface area (Å²) in [4.78, 5) is 17.5. The Kier molecular flexibility index (Phi) is 4.51. The fourth-order valence-electron chi connectivity index (χ4n) is 1.31. The van der Waals surface area contributed by atoms with Gasteiger partial charge in [-0.15, -0.1) is 0 Å². The van der Waals surface area contributed by atoms with E-state index in [-0.39, 0.29) is 29.2 Å². The second kappa shape index (κ2) is 5.67. The van der Waals surface area contributed by atoms with Crippen LogP contribution in [0.25, 0.3) is 0 Å². The molecule has 0 aliphatic rings. The molecule has 0 unspecified atom stereocenters. The molecular weight excluding hydrogens is 241 g/mol. The van der Waals surface area contributed by atoms with Crippen LogP contribution in [0.2, 0.25) is 0 Å². The van der Waals surface area contributed by atoms with Crippen LogP contribution in [0, 0.1) is 5.82 Å². The molecule has 0 aromatic carbocycles. The molecular formula is C11H14FN3OS. The molecule has 1 aromatic rings. The van der Waals surface area contributed by atoms with E-state index in [1.54, 1.807) is 0 Å². The number of carbonyl (C=O) groups is 1. The zero-order valence-corrected chi connectivity index (χ0v) is 10.5. The Labute approximate surface area is 105 Å². The molecule has 6 heteroatoms. The standard InChI is InChI=1S/C11H14FN3OS/c1-7(2)15(6-10(13)17)11(16)9-4-3-8(12)5-14-9/h3-5,7H,6H2,1-2H3,(H2,13,17). The smallest absolute Gasteiger partial charge is 0.273 e. The third-order valence-electron chi connectivity index (χ3n) is 2.16. The first-order valence-corrected chi connectivity index (χ1v) is 5.53. The minimum Gasteiger partial charge on any atom is -0.392 e. The largest absolute Gasteiger partial charge is 0.392 e. The Morgan fingerprint density at radius 2 is 2.24 bits per heavy atom. The van der Waals surface area contributed by atoms with E-state index in [9.17, 15) is 9.18 Å². The lowest BCUT2D eigenvalue weighted by Gasteiger charge is -2.25. The van der Waals surface area contributed by atoms with Crippen LogP contribution in [-0.2, 0) is 0 Å². The van der Waals surface area contributed by atoms with Crippen molar-refractivity contribution < 1.29 is 9.18 Å². The van der Waals surface area contributed by atoms with Crippen LogP contribution in [0.4, 0.5) is 4.39 Å². The van der Waals surface area contributed by atoms with Gasteiger partial charge >= 0.3 is 0 Å². The van der Waals surface area contributed by atoms with Crippen molar-refractivity contribution in [2.24, 2.45) is 5.73 Å². The Bertz CT molecular complexity index is 419. The molecule has 1 rings (SSSR count). The second-order valence-corrected chi connectivity index (χ2v) is 4.38. The van der Waals surface area contributed by atoms with Gasteiger partial charge < -0.3 is 10.6 Å². The van der Waals surface area contributed by atoms with Gasteiger partial charge in [0.2, 0.25) is 0 Å². The summed E-state index contributed by atoms with van der Waals surface area (Å²) in [5.41, 5.74) is 5.61. The summed E-state index contributed by atoms with van der Waals surface area (Å²) in [6.07, 6.45) is 1.01. The SMILES string of the molecule is CC(C)N(CC(N)=S)C(=O)c1ccc(F)cn1. The normalized spacial score (nSPS) is 10.4. The van der Waals surface area contributed by atoms with Gasteiger partial charge in [0.05, 0.1) is 17.7 Å². The van der Waals surface area contributed by atoms with Gasteiger partial charge in [-0.1, -0.05) is 12.2 Å². The summed E-state index contributed by atoms with van der Waals surface area (Å²) < 4.78 is 12.7. The van der Waals surface area contributed by atoms with E-state index in [0.717, 1.165) is 6.20 Å². The molecule has 0 radical (unpaired) electrons. The van der Waals surface area contributed by atoms with Crippen LogP contribution in [0.15, 0.2) is 18.3 Å². The van der Waals surface area contributed by atoms with Crippen LogP contribution >= 0.6 is 12.2 Å². The summed E-state index contributed by atoms with van der Waals surface area (Å²) in [7, 11) is 0. The zero-order valence-electron chi connectivity index (χ0n) is 9.68. The first kappa shape index (κ1) is 13.5. The number of hydrogen-bond acceptors (Lipinski definition) is 3. The van der Waals surface area contributed by atoms with Crippen molar-refractivity contribution in [2.75, 3.05) is 6.54 Å². The third kappa shape index (κ3) is 3.74. The lowest BCUT2D eigenvalue weighted by Crippen LogP contribution is -2.42. The highest BCUT2D eigenvalue weighted by atomic mass is 32.1. The van der Waals surface area contributed by atoms with E-state index in [2.05, 4.69) is 4.98 Å². The van der Waals surface area contributed by atoms with E-state index in [0.29, 0.717) is 0 Å². The summed E-state index contributed by atoms with van der Waals surface area (Å²) in [5.74, 6) is -0.792. The van der Waals surface area contributed by atoms with Gasteiger partial charge in [0.1, 0.15) is 11.5 Å². The summed E-state index contributed by atoms with van der Waals surface area (Å²) in [6.45, 7) is 3.88. The number of carbonyl (C=O) groups excluding carboxylic acids is 1. The van der Waals surface area contributed by atoms with Crippen molar-refractivity contribution in [3.05, 3.63) is 29.8 Å². The number of halogens is 1. The lowest BCUT2D eigenvalue weighted by atomic mass is 10.2. The Hall–Kier alpha value is -1.56. The fourth-order valence-corrected chi connectivity index (χ4v) is 1.45. The van der Waals surface area contributed by atoms with Gasteiger partial charge in [-0.2, -0.15) is 0 Å². The van der Waals surface area contributed by atoms with Gasteiger partial charge in [-0.3, -0.25) is 4.79 Å². The second-order valence-electron chi connectivity index (χ2n) is 3.85. The number of aromatic nitrogens is 1. The van der Waals surface area contributed by atoms with Crippen LogP contribution in [0.5, 0.6) is 0 Å². The van der Waals surface area contributed by atoms with E-state index < -0.39 is 5.82 Å². The maximum Gasteiger partial charge on any atom is 0.273 e. The third-order valence-corrected chi connectivity index (χ3v) is 2.29. The number of nitrogens with zero attached hydrogens (tertiary/aromatic N) is 2. The van der Waals surface area contributed by atoms with Crippen molar-refractivity contribution >= 4 is 23.1 Å². The lowest BCUT2D eigenvalue weighted by molar-refractivity contribution is 0.0730. The molecule has 0 saturated heterocycles.